The monoisotopic (exact) mass is 291 g/mol. The Morgan fingerprint density at radius 2 is 1.81 bits per heavy atom. The molecule has 1 rings (SSSR count). The molecular weight excluding hydrogens is 270 g/mol. The summed E-state index contributed by atoms with van der Waals surface area (Å²) in [5.74, 6) is -1.37. The van der Waals surface area contributed by atoms with E-state index >= 15 is 0 Å². The van der Waals surface area contributed by atoms with E-state index in [4.69, 9.17) is 5.11 Å². The van der Waals surface area contributed by atoms with E-state index in [0.717, 1.165) is 18.4 Å². The Morgan fingerprint density at radius 1 is 1.19 bits per heavy atom. The molecule has 0 heterocycles. The first-order valence-electron chi connectivity index (χ1n) is 7.06. The summed E-state index contributed by atoms with van der Waals surface area (Å²) in [7, 11) is 0. The molecule has 1 aromatic rings. The highest BCUT2D eigenvalue weighted by Gasteiger charge is 2.19. The molecule has 1 atom stereocenters. The Labute approximate surface area is 124 Å². The van der Waals surface area contributed by atoms with Crippen molar-refractivity contribution in [2.24, 2.45) is 0 Å². The van der Waals surface area contributed by atoms with Crippen molar-refractivity contribution in [3.8, 4) is 0 Å². The van der Waals surface area contributed by atoms with Crippen molar-refractivity contribution < 1.29 is 19.5 Å². The molecule has 21 heavy (non-hydrogen) atoms. The number of rotatable bonds is 8. The van der Waals surface area contributed by atoms with Gasteiger partial charge in [0.1, 0.15) is 6.04 Å². The highest BCUT2D eigenvalue weighted by atomic mass is 16.4. The maximum absolute atomic E-state index is 11.9. The van der Waals surface area contributed by atoms with Gasteiger partial charge >= 0.3 is 5.97 Å². The van der Waals surface area contributed by atoms with Gasteiger partial charge in [-0.1, -0.05) is 44.0 Å². The van der Waals surface area contributed by atoms with Crippen LogP contribution in [-0.2, 0) is 16.0 Å². The van der Waals surface area contributed by atoms with Crippen LogP contribution in [0.5, 0.6) is 0 Å². The average molecular weight is 291 g/mol. The molecule has 2 N–H and O–H groups in total. The van der Waals surface area contributed by atoms with Gasteiger partial charge in [-0.3, -0.25) is 9.59 Å². The number of carboxylic acids is 1. The Balaban J connectivity index is 2.59. The van der Waals surface area contributed by atoms with Crippen LogP contribution in [-0.4, -0.2) is 28.8 Å². The van der Waals surface area contributed by atoms with E-state index in [0.29, 0.717) is 12.0 Å². The molecular formula is C16H21NO4. The molecule has 0 aliphatic heterocycles. The molecule has 0 aromatic heterocycles. The first kappa shape index (κ1) is 16.9. The summed E-state index contributed by atoms with van der Waals surface area (Å²) in [6, 6.07) is 5.90. The molecule has 1 amide bonds. The maximum Gasteiger partial charge on any atom is 0.326 e. The van der Waals surface area contributed by atoms with Crippen molar-refractivity contribution in [1.82, 2.24) is 5.32 Å². The third kappa shape index (κ3) is 5.77. The number of amides is 1. The molecule has 1 unspecified atom stereocenters. The number of aliphatic carboxylic acids is 1. The van der Waals surface area contributed by atoms with Crippen LogP contribution in [0.2, 0.25) is 0 Å². The van der Waals surface area contributed by atoms with Crippen LogP contribution < -0.4 is 5.32 Å². The topological polar surface area (TPSA) is 83.5 Å². The van der Waals surface area contributed by atoms with E-state index < -0.39 is 12.0 Å². The summed E-state index contributed by atoms with van der Waals surface area (Å²) in [5.41, 5.74) is 1.34. The quantitative estimate of drug-likeness (QED) is 0.719. The SMILES string of the molecule is CCCCC(NC(=O)Cc1ccc(C(C)=O)cc1)C(=O)O. The summed E-state index contributed by atoms with van der Waals surface area (Å²) in [4.78, 5) is 34.1. The number of Topliss-reactive ketones (excluding diaryl/α,β-unsaturated/α-hetero) is 1. The number of hydrogen-bond acceptors (Lipinski definition) is 3. The number of carbonyl (C=O) groups excluding carboxylic acids is 2. The van der Waals surface area contributed by atoms with Crippen molar-refractivity contribution in [1.29, 1.82) is 0 Å². The van der Waals surface area contributed by atoms with Crippen LogP contribution >= 0.6 is 0 Å². The predicted octanol–water partition coefficient (Wildman–Crippen LogP) is 2.19. The molecule has 5 heteroatoms. The highest BCUT2D eigenvalue weighted by molar-refractivity contribution is 5.94. The lowest BCUT2D eigenvalue weighted by Crippen LogP contribution is -2.41. The third-order valence-corrected chi connectivity index (χ3v) is 3.20. The Morgan fingerprint density at radius 3 is 2.29 bits per heavy atom. The van der Waals surface area contributed by atoms with Gasteiger partial charge in [-0.15, -0.1) is 0 Å². The van der Waals surface area contributed by atoms with Crippen LogP contribution in [0.15, 0.2) is 24.3 Å². The fourth-order valence-electron chi connectivity index (χ4n) is 1.95. The van der Waals surface area contributed by atoms with Crippen LogP contribution in [0.3, 0.4) is 0 Å². The first-order valence-corrected chi connectivity index (χ1v) is 7.06. The molecule has 0 saturated heterocycles. The Bertz CT molecular complexity index is 508. The standard InChI is InChI=1S/C16H21NO4/c1-3-4-5-14(16(20)21)17-15(19)10-12-6-8-13(9-7-12)11(2)18/h6-9,14H,3-5,10H2,1-2H3,(H,17,19)(H,20,21). The van der Waals surface area contributed by atoms with E-state index in [9.17, 15) is 14.4 Å². The second-order valence-electron chi connectivity index (χ2n) is 5.03. The Hall–Kier alpha value is -2.17. The predicted molar refractivity (Wildman–Crippen MR) is 79.2 cm³/mol. The molecule has 0 aliphatic carbocycles. The van der Waals surface area contributed by atoms with Crippen molar-refractivity contribution in [3.63, 3.8) is 0 Å². The van der Waals surface area contributed by atoms with Crippen molar-refractivity contribution in [2.75, 3.05) is 0 Å². The molecule has 0 radical (unpaired) electrons. The summed E-state index contributed by atoms with van der Waals surface area (Å²) in [5, 5.41) is 11.6. The maximum atomic E-state index is 11.9. The largest absolute Gasteiger partial charge is 0.480 e. The van der Waals surface area contributed by atoms with Gasteiger partial charge in [-0.25, -0.2) is 4.79 Å². The zero-order valence-electron chi connectivity index (χ0n) is 12.4. The third-order valence-electron chi connectivity index (χ3n) is 3.20. The summed E-state index contributed by atoms with van der Waals surface area (Å²) in [6.07, 6.45) is 2.17. The number of carbonyl (C=O) groups is 3. The van der Waals surface area contributed by atoms with Gasteiger partial charge < -0.3 is 10.4 Å². The molecule has 0 aliphatic rings. The number of carboxylic acid groups (broad SMARTS) is 1. The molecule has 114 valence electrons. The normalized spacial score (nSPS) is 11.7. The van der Waals surface area contributed by atoms with Gasteiger partial charge in [0.25, 0.3) is 0 Å². The number of nitrogens with one attached hydrogen (secondary N) is 1. The summed E-state index contributed by atoms with van der Waals surface area (Å²) >= 11 is 0. The second kappa shape index (κ2) is 8.19. The summed E-state index contributed by atoms with van der Waals surface area (Å²) < 4.78 is 0. The van der Waals surface area contributed by atoms with Crippen LogP contribution in [0.25, 0.3) is 0 Å². The number of benzene rings is 1. The van der Waals surface area contributed by atoms with E-state index in [1.807, 2.05) is 6.92 Å². The molecule has 1 aromatic carbocycles. The van der Waals surface area contributed by atoms with Crippen LogP contribution in [0.1, 0.15) is 49.0 Å². The van der Waals surface area contributed by atoms with Gasteiger partial charge in [-0.2, -0.15) is 0 Å². The number of hydrogen-bond donors (Lipinski definition) is 2. The number of unbranched alkanes of at least 4 members (excludes halogenated alkanes) is 1. The van der Waals surface area contributed by atoms with Crippen LogP contribution in [0, 0.1) is 0 Å². The fraction of sp³-hybridized carbons (Fsp3) is 0.438. The van der Waals surface area contributed by atoms with Crippen molar-refractivity contribution >= 4 is 17.7 Å². The minimum Gasteiger partial charge on any atom is -0.480 e. The average Bonchev–Trinajstić information content (AvgIpc) is 2.43. The van der Waals surface area contributed by atoms with E-state index in [1.54, 1.807) is 24.3 Å². The fourth-order valence-corrected chi connectivity index (χ4v) is 1.95. The van der Waals surface area contributed by atoms with Gasteiger partial charge in [0, 0.05) is 5.56 Å². The van der Waals surface area contributed by atoms with E-state index in [1.165, 1.54) is 6.92 Å². The Kier molecular flexibility index (Phi) is 6.59. The molecule has 0 fully saturated rings. The van der Waals surface area contributed by atoms with Gasteiger partial charge in [-0.05, 0) is 18.9 Å². The van der Waals surface area contributed by atoms with Crippen molar-refractivity contribution in [2.45, 2.75) is 45.6 Å². The molecule has 0 saturated carbocycles. The number of ketones is 1. The summed E-state index contributed by atoms with van der Waals surface area (Å²) in [6.45, 7) is 3.45. The molecule has 5 nitrogen and oxygen atoms in total. The van der Waals surface area contributed by atoms with E-state index in [2.05, 4.69) is 5.32 Å². The second-order valence-corrected chi connectivity index (χ2v) is 5.03. The smallest absolute Gasteiger partial charge is 0.326 e. The minimum atomic E-state index is -1.01. The lowest BCUT2D eigenvalue weighted by molar-refractivity contribution is -0.142. The lowest BCUT2D eigenvalue weighted by Gasteiger charge is -2.14. The first-order chi connectivity index (χ1) is 9.93. The van der Waals surface area contributed by atoms with Crippen LogP contribution in [0.4, 0.5) is 0 Å². The zero-order chi connectivity index (χ0) is 15.8. The minimum absolute atomic E-state index is 0.0310. The zero-order valence-corrected chi connectivity index (χ0v) is 12.4. The van der Waals surface area contributed by atoms with Gasteiger partial charge in [0.2, 0.25) is 5.91 Å². The molecule has 0 bridgehead atoms. The van der Waals surface area contributed by atoms with Crippen molar-refractivity contribution in [3.05, 3.63) is 35.4 Å². The van der Waals surface area contributed by atoms with Gasteiger partial charge in [0.15, 0.2) is 5.78 Å². The van der Waals surface area contributed by atoms with Gasteiger partial charge in [0.05, 0.1) is 6.42 Å². The lowest BCUT2D eigenvalue weighted by atomic mass is 10.1. The molecule has 0 spiro atoms. The van der Waals surface area contributed by atoms with E-state index in [-0.39, 0.29) is 18.1 Å². The highest BCUT2D eigenvalue weighted by Crippen LogP contribution is 2.07.